The van der Waals surface area contributed by atoms with Crippen LogP contribution in [0.1, 0.15) is 34.4 Å². The monoisotopic (exact) mass is 970 g/mol. The second kappa shape index (κ2) is 19.7. The number of halogens is 5. The van der Waals surface area contributed by atoms with Gasteiger partial charge in [-0.3, -0.25) is 4.90 Å². The third kappa shape index (κ3) is 9.86. The maximum Gasteiger partial charge on any atom is 0.345 e. The van der Waals surface area contributed by atoms with E-state index in [0.29, 0.717) is 83.6 Å². The van der Waals surface area contributed by atoms with Crippen LogP contribution >= 0.6 is 34.5 Å². The van der Waals surface area contributed by atoms with E-state index in [-0.39, 0.29) is 46.9 Å². The average molecular weight is 972 g/mol. The van der Waals surface area contributed by atoms with Gasteiger partial charge in [0.15, 0.2) is 11.6 Å². The lowest BCUT2D eigenvalue weighted by Crippen LogP contribution is -2.49. The molecule has 0 saturated carbocycles. The Bertz CT molecular complexity index is 2930. The minimum absolute atomic E-state index is 0.00934. The van der Waals surface area contributed by atoms with Gasteiger partial charge in [-0.2, -0.15) is 0 Å². The Hall–Kier alpha value is -6.04. The fourth-order valence-electron chi connectivity index (χ4n) is 8.26. The number of aromatic nitrogens is 4. The number of thiophene rings is 1. The quantitative estimate of drug-likeness (QED) is 0.148. The van der Waals surface area contributed by atoms with E-state index in [1.54, 1.807) is 42.6 Å². The number of likely N-dealkylation sites (N-methyl/N-ethyl adjacent to an activating group) is 1. The van der Waals surface area contributed by atoms with Gasteiger partial charge in [0.2, 0.25) is 12.0 Å². The summed E-state index contributed by atoms with van der Waals surface area (Å²) in [6, 6.07) is 18.5. The number of carbonyl (C=O) groups is 1. The van der Waals surface area contributed by atoms with Gasteiger partial charge in [0.1, 0.15) is 47.8 Å². The molecule has 0 spiro atoms. The van der Waals surface area contributed by atoms with Gasteiger partial charge in [-0.15, -0.1) is 11.3 Å². The first kappa shape index (κ1) is 46.1. The van der Waals surface area contributed by atoms with E-state index in [9.17, 15) is 23.1 Å². The molecule has 1 fully saturated rings. The number of alkyl halides is 2. The molecular weight excluding hydrogens is 929 g/mol. The highest BCUT2D eigenvalue weighted by Gasteiger charge is 2.32. The molecule has 67 heavy (non-hydrogen) atoms. The highest BCUT2D eigenvalue weighted by molar-refractivity contribution is 7.22. The summed E-state index contributed by atoms with van der Waals surface area (Å²) >= 11 is 15.9. The van der Waals surface area contributed by atoms with E-state index in [0.717, 1.165) is 26.2 Å². The van der Waals surface area contributed by atoms with Gasteiger partial charge in [-0.25, -0.2) is 37.9 Å². The van der Waals surface area contributed by atoms with Crippen molar-refractivity contribution in [3.05, 3.63) is 129 Å². The molecule has 0 radical (unpaired) electrons. The number of carboxylic acids is 1. The van der Waals surface area contributed by atoms with E-state index >= 15 is 0 Å². The minimum atomic E-state index is -2.61. The van der Waals surface area contributed by atoms with E-state index in [1.807, 2.05) is 13.8 Å². The lowest BCUT2D eigenvalue weighted by molar-refractivity contribution is -0.145. The first-order valence-electron chi connectivity index (χ1n) is 21.4. The van der Waals surface area contributed by atoms with Crippen LogP contribution in [-0.4, -0.2) is 99.4 Å². The Morgan fingerprint density at radius 2 is 1.63 bits per heavy atom. The zero-order chi connectivity index (χ0) is 46.9. The Balaban J connectivity index is 1.15. The zero-order valence-electron chi connectivity index (χ0n) is 36.4. The Morgan fingerprint density at radius 3 is 2.33 bits per heavy atom. The molecule has 346 valence electrons. The molecule has 0 aliphatic carbocycles. The second-order valence-electron chi connectivity index (χ2n) is 16.4. The maximum atomic E-state index is 14.4. The summed E-state index contributed by atoms with van der Waals surface area (Å²) in [5.74, 6) is -0.356. The standard InChI is InChI=1S/C49H43Cl2F3N6O6S/c1-26-38-27(2)42(51)43(41(26)50)65-35(22-60-18-16-59(3)17-19-60)24-63-34-12-13-36(64-23-33-14-15-55-46(58-33)30-6-4-29(5-7-30)45(53)54)31(20-34)21-37(49(61)62)66-47-40-39(38)44(67-48(40)57-25-56-47)28-8-10-32(52)11-9-28/h4-15,20,25,35,37,45H,16-19,21-24H2,1-3H3,(H,61,62)/t35-,37-/m1/s1. The number of aliphatic carboxylic acids is 1. The van der Waals surface area contributed by atoms with Crippen molar-refractivity contribution in [2.75, 3.05) is 46.4 Å². The summed E-state index contributed by atoms with van der Waals surface area (Å²) in [5.41, 5.74) is 4.49. The van der Waals surface area contributed by atoms with Crippen molar-refractivity contribution in [3.63, 3.8) is 0 Å². The summed E-state index contributed by atoms with van der Waals surface area (Å²) in [7, 11) is 2.08. The topological polar surface area (TPSA) is 132 Å². The Labute approximate surface area is 397 Å². The fourth-order valence-corrected chi connectivity index (χ4v) is 9.92. The second-order valence-corrected chi connectivity index (χ2v) is 18.2. The Morgan fingerprint density at radius 1 is 0.910 bits per heavy atom. The smallest absolute Gasteiger partial charge is 0.345 e. The molecule has 4 aromatic carbocycles. The van der Waals surface area contributed by atoms with Gasteiger partial charge in [0.25, 0.3) is 6.43 Å². The average Bonchev–Trinajstić information content (AvgIpc) is 3.71. The Kier molecular flexibility index (Phi) is 13.5. The molecule has 3 aromatic heterocycles. The molecule has 18 heteroatoms. The maximum absolute atomic E-state index is 14.4. The number of benzene rings is 4. The molecule has 3 aliphatic heterocycles. The lowest BCUT2D eigenvalue weighted by atomic mass is 9.92. The summed E-state index contributed by atoms with van der Waals surface area (Å²) < 4.78 is 66.9. The predicted molar refractivity (Wildman–Crippen MR) is 251 cm³/mol. The molecule has 3 aliphatic rings. The van der Waals surface area contributed by atoms with Crippen molar-refractivity contribution in [2.45, 2.75) is 45.5 Å². The third-order valence-corrected chi connectivity index (χ3v) is 13.9. The summed E-state index contributed by atoms with van der Waals surface area (Å²) in [5, 5.41) is 11.8. The predicted octanol–water partition coefficient (Wildman–Crippen LogP) is 10.5. The van der Waals surface area contributed by atoms with Crippen molar-refractivity contribution < 1.29 is 42.0 Å². The van der Waals surface area contributed by atoms with Gasteiger partial charge in [0.05, 0.1) is 21.1 Å². The summed E-state index contributed by atoms with van der Waals surface area (Å²) in [6.45, 7) is 7.60. The number of piperazine rings is 1. The largest absolute Gasteiger partial charge is 0.490 e. The number of nitrogens with zero attached hydrogens (tertiary/aromatic N) is 6. The molecule has 0 unspecified atom stereocenters. The van der Waals surface area contributed by atoms with Gasteiger partial charge in [-0.05, 0) is 79.5 Å². The molecule has 1 N–H and O–H groups in total. The van der Waals surface area contributed by atoms with Gasteiger partial charge in [0, 0.05) is 72.5 Å². The van der Waals surface area contributed by atoms with Gasteiger partial charge < -0.3 is 29.0 Å². The highest BCUT2D eigenvalue weighted by atomic mass is 35.5. The van der Waals surface area contributed by atoms with Crippen LogP contribution in [0.15, 0.2) is 85.3 Å². The van der Waals surface area contributed by atoms with Crippen LogP contribution in [0, 0.1) is 19.7 Å². The van der Waals surface area contributed by atoms with Crippen LogP contribution in [0.3, 0.4) is 0 Å². The summed E-state index contributed by atoms with van der Waals surface area (Å²) in [4.78, 5) is 37.1. The fraction of sp³-hybridized carbons (Fsp3) is 0.286. The van der Waals surface area contributed by atoms with Crippen molar-refractivity contribution in [1.82, 2.24) is 29.7 Å². The zero-order valence-corrected chi connectivity index (χ0v) is 38.8. The SMILES string of the molecule is Cc1c(Cl)c2c(Cl)c(C)c1-c1c(-c3ccc(F)cc3)sc3ncnc(c13)O[C@@H](C(=O)O)Cc1cc(ccc1OCc1ccnc(-c3ccc(C(F)F)cc3)n1)OC[C@@H](CN1CCN(C)CC1)O2. The molecule has 1 saturated heterocycles. The van der Waals surface area contributed by atoms with E-state index in [4.69, 9.17) is 42.1 Å². The molecular formula is C49H43Cl2F3N6O6S. The first-order chi connectivity index (χ1) is 32.3. The molecule has 4 bridgehead atoms. The van der Waals surface area contributed by atoms with E-state index in [1.165, 1.54) is 54.1 Å². The molecule has 10 rings (SSSR count). The van der Waals surface area contributed by atoms with Gasteiger partial charge in [-0.1, -0.05) is 59.6 Å². The molecule has 7 aromatic rings. The minimum Gasteiger partial charge on any atom is -0.490 e. The number of hydrogen-bond donors (Lipinski definition) is 1. The van der Waals surface area contributed by atoms with E-state index in [2.05, 4.69) is 36.8 Å². The van der Waals surface area contributed by atoms with Crippen molar-refractivity contribution in [1.29, 1.82) is 0 Å². The molecule has 2 atom stereocenters. The molecule has 12 nitrogen and oxygen atoms in total. The third-order valence-electron chi connectivity index (χ3n) is 11.9. The van der Waals surface area contributed by atoms with Crippen LogP contribution in [0.25, 0.3) is 43.2 Å². The lowest BCUT2D eigenvalue weighted by Gasteiger charge is -2.35. The van der Waals surface area contributed by atoms with Crippen LogP contribution in [0.5, 0.6) is 23.1 Å². The van der Waals surface area contributed by atoms with Crippen LogP contribution in [0.4, 0.5) is 13.2 Å². The van der Waals surface area contributed by atoms with Crippen LogP contribution < -0.4 is 18.9 Å². The van der Waals surface area contributed by atoms with E-state index < -0.39 is 30.4 Å². The number of hydrogen-bond acceptors (Lipinski definition) is 12. The highest BCUT2D eigenvalue weighted by Crippen LogP contribution is 2.53. The molecule has 0 amide bonds. The van der Waals surface area contributed by atoms with Crippen LogP contribution in [-0.2, 0) is 17.8 Å². The number of fused-ring (bicyclic) bond motifs is 7. The van der Waals surface area contributed by atoms with Crippen LogP contribution in [0.2, 0.25) is 10.0 Å². The molecule has 6 heterocycles. The number of carboxylic acid groups (broad SMARTS) is 1. The first-order valence-corrected chi connectivity index (χ1v) is 23.0. The summed E-state index contributed by atoms with van der Waals surface area (Å²) in [6.07, 6.45) is -2.04. The van der Waals surface area contributed by atoms with Crippen molar-refractivity contribution >= 4 is 50.7 Å². The van der Waals surface area contributed by atoms with Crippen molar-refractivity contribution in [2.24, 2.45) is 0 Å². The van der Waals surface area contributed by atoms with Crippen molar-refractivity contribution in [3.8, 4) is 56.1 Å². The number of rotatable bonds is 9. The number of ether oxygens (including phenoxy) is 4. The normalized spacial score (nSPS) is 16.9. The van der Waals surface area contributed by atoms with Gasteiger partial charge >= 0.3 is 5.97 Å².